The predicted molar refractivity (Wildman–Crippen MR) is 72.0 cm³/mol. The number of benzene rings is 1. The van der Waals surface area contributed by atoms with E-state index in [1.807, 2.05) is 0 Å². The van der Waals surface area contributed by atoms with Gasteiger partial charge >= 0.3 is 0 Å². The van der Waals surface area contributed by atoms with E-state index in [0.29, 0.717) is 17.9 Å². The fraction of sp³-hybridized carbons (Fsp3) is 0.250. The summed E-state index contributed by atoms with van der Waals surface area (Å²) in [5.41, 5.74) is 0.970. The van der Waals surface area contributed by atoms with E-state index < -0.39 is 10.0 Å². The van der Waals surface area contributed by atoms with Gasteiger partial charge in [-0.05, 0) is 25.1 Å². The first-order valence-corrected chi connectivity index (χ1v) is 7.31. The fourth-order valence-electron chi connectivity index (χ4n) is 1.77. The lowest BCUT2D eigenvalue weighted by Gasteiger charge is -2.07. The topological polar surface area (TPSA) is 84.0 Å². The number of aryl methyl sites for hydroxylation is 1. The van der Waals surface area contributed by atoms with E-state index in [0.717, 1.165) is 0 Å². The Morgan fingerprint density at radius 2 is 2.05 bits per heavy atom. The Bertz CT molecular complexity index is 744. The second-order valence-corrected chi connectivity index (χ2v) is 5.88. The number of nitrogens with one attached hydrogen (secondary N) is 2. The standard InChI is InChI=1S/C12H15N3O3S/c1-3-13-19(17,18)11-6-4-5-10(8-11)15-12(16)7-9(2)14-15/h4-8,13-14H,3H2,1-2H3. The molecule has 0 aliphatic rings. The van der Waals surface area contributed by atoms with Crippen LogP contribution in [0.5, 0.6) is 0 Å². The van der Waals surface area contributed by atoms with E-state index in [2.05, 4.69) is 9.82 Å². The van der Waals surface area contributed by atoms with Gasteiger partial charge in [0.25, 0.3) is 5.56 Å². The number of sulfonamides is 1. The third kappa shape index (κ3) is 2.77. The summed E-state index contributed by atoms with van der Waals surface area (Å²) < 4.78 is 27.5. The summed E-state index contributed by atoms with van der Waals surface area (Å²) in [5, 5.41) is 2.86. The van der Waals surface area contributed by atoms with E-state index in [4.69, 9.17) is 0 Å². The molecule has 0 saturated heterocycles. The maximum atomic E-state index is 11.9. The zero-order chi connectivity index (χ0) is 14.0. The minimum absolute atomic E-state index is 0.131. The van der Waals surface area contributed by atoms with Crippen LogP contribution in [0.3, 0.4) is 0 Å². The number of rotatable bonds is 4. The van der Waals surface area contributed by atoms with Crippen LogP contribution in [0, 0.1) is 6.92 Å². The summed E-state index contributed by atoms with van der Waals surface area (Å²) in [6, 6.07) is 7.66. The molecule has 7 heteroatoms. The summed E-state index contributed by atoms with van der Waals surface area (Å²) in [5.74, 6) is 0. The summed E-state index contributed by atoms with van der Waals surface area (Å²) in [6.45, 7) is 3.78. The molecule has 0 aliphatic carbocycles. The average Bonchev–Trinajstić information content (AvgIpc) is 2.69. The molecule has 0 unspecified atom stereocenters. The van der Waals surface area contributed by atoms with Crippen LogP contribution in [0.2, 0.25) is 0 Å². The Morgan fingerprint density at radius 3 is 2.63 bits per heavy atom. The van der Waals surface area contributed by atoms with Gasteiger partial charge < -0.3 is 0 Å². The number of aromatic amines is 1. The first-order chi connectivity index (χ1) is 8.94. The molecule has 1 aromatic heterocycles. The van der Waals surface area contributed by atoms with Gasteiger partial charge in [0.15, 0.2) is 0 Å². The maximum Gasteiger partial charge on any atom is 0.271 e. The molecule has 0 saturated carbocycles. The van der Waals surface area contributed by atoms with Crippen molar-refractivity contribution in [2.45, 2.75) is 18.7 Å². The van der Waals surface area contributed by atoms with Crippen LogP contribution in [0.25, 0.3) is 5.69 Å². The molecular weight excluding hydrogens is 266 g/mol. The highest BCUT2D eigenvalue weighted by molar-refractivity contribution is 7.89. The van der Waals surface area contributed by atoms with Crippen LogP contribution in [0.4, 0.5) is 0 Å². The highest BCUT2D eigenvalue weighted by atomic mass is 32.2. The maximum absolute atomic E-state index is 11.9. The van der Waals surface area contributed by atoms with Crippen LogP contribution >= 0.6 is 0 Å². The van der Waals surface area contributed by atoms with Crippen molar-refractivity contribution in [2.24, 2.45) is 0 Å². The van der Waals surface area contributed by atoms with Crippen molar-refractivity contribution in [2.75, 3.05) is 6.54 Å². The van der Waals surface area contributed by atoms with Crippen molar-refractivity contribution in [3.05, 3.63) is 46.4 Å². The molecule has 2 rings (SSSR count). The van der Waals surface area contributed by atoms with E-state index in [9.17, 15) is 13.2 Å². The number of hydrogen-bond acceptors (Lipinski definition) is 3. The lowest BCUT2D eigenvalue weighted by Crippen LogP contribution is -2.23. The van der Waals surface area contributed by atoms with Crippen LogP contribution in [-0.4, -0.2) is 24.7 Å². The third-order valence-corrected chi connectivity index (χ3v) is 4.11. The lowest BCUT2D eigenvalue weighted by atomic mass is 10.3. The zero-order valence-electron chi connectivity index (χ0n) is 10.7. The third-order valence-electron chi connectivity index (χ3n) is 2.57. The molecule has 0 amide bonds. The molecule has 1 heterocycles. The number of H-pyrrole nitrogens is 1. The number of aromatic nitrogens is 2. The Hall–Kier alpha value is -1.86. The molecule has 2 N–H and O–H groups in total. The molecule has 0 spiro atoms. The molecule has 1 aromatic carbocycles. The summed E-state index contributed by atoms with van der Waals surface area (Å²) in [7, 11) is -3.53. The van der Waals surface area contributed by atoms with Gasteiger partial charge in [-0.1, -0.05) is 13.0 Å². The van der Waals surface area contributed by atoms with Gasteiger partial charge in [-0.3, -0.25) is 9.89 Å². The van der Waals surface area contributed by atoms with Gasteiger partial charge in [-0.2, -0.15) is 0 Å². The first kappa shape index (κ1) is 13.6. The van der Waals surface area contributed by atoms with Gasteiger partial charge in [0.2, 0.25) is 10.0 Å². The van der Waals surface area contributed by atoms with E-state index in [-0.39, 0.29) is 10.5 Å². The highest BCUT2D eigenvalue weighted by Gasteiger charge is 2.13. The summed E-state index contributed by atoms with van der Waals surface area (Å²) in [6.07, 6.45) is 0. The Balaban J connectivity index is 2.52. The minimum Gasteiger partial charge on any atom is -0.295 e. The van der Waals surface area contributed by atoms with Gasteiger partial charge in [-0.15, -0.1) is 0 Å². The average molecular weight is 281 g/mol. The zero-order valence-corrected chi connectivity index (χ0v) is 11.5. The molecule has 0 aliphatic heterocycles. The Morgan fingerprint density at radius 1 is 1.32 bits per heavy atom. The molecule has 102 valence electrons. The minimum atomic E-state index is -3.53. The first-order valence-electron chi connectivity index (χ1n) is 5.83. The molecule has 0 bridgehead atoms. The molecule has 0 atom stereocenters. The summed E-state index contributed by atoms with van der Waals surface area (Å²) >= 11 is 0. The van der Waals surface area contributed by atoms with Crippen LogP contribution in [0.15, 0.2) is 40.0 Å². The van der Waals surface area contributed by atoms with Crippen molar-refractivity contribution in [1.82, 2.24) is 14.5 Å². The van der Waals surface area contributed by atoms with Crippen molar-refractivity contribution < 1.29 is 8.42 Å². The van der Waals surface area contributed by atoms with E-state index in [1.165, 1.54) is 22.9 Å². The van der Waals surface area contributed by atoms with Crippen LogP contribution in [-0.2, 0) is 10.0 Å². The van der Waals surface area contributed by atoms with E-state index >= 15 is 0 Å². The number of nitrogens with zero attached hydrogens (tertiary/aromatic N) is 1. The monoisotopic (exact) mass is 281 g/mol. The van der Waals surface area contributed by atoms with Gasteiger partial charge in [0, 0.05) is 18.3 Å². The fourth-order valence-corrected chi connectivity index (χ4v) is 2.85. The van der Waals surface area contributed by atoms with Crippen molar-refractivity contribution in [1.29, 1.82) is 0 Å². The van der Waals surface area contributed by atoms with Crippen LogP contribution < -0.4 is 10.3 Å². The molecule has 6 nitrogen and oxygen atoms in total. The molecule has 19 heavy (non-hydrogen) atoms. The second kappa shape index (κ2) is 5.02. The van der Waals surface area contributed by atoms with Crippen LogP contribution in [0.1, 0.15) is 12.6 Å². The lowest BCUT2D eigenvalue weighted by molar-refractivity contribution is 0.584. The normalized spacial score (nSPS) is 11.7. The molecule has 2 aromatic rings. The second-order valence-electron chi connectivity index (χ2n) is 4.11. The largest absolute Gasteiger partial charge is 0.295 e. The number of hydrogen-bond donors (Lipinski definition) is 2. The van der Waals surface area contributed by atoms with Gasteiger partial charge in [0.1, 0.15) is 0 Å². The van der Waals surface area contributed by atoms with Crippen molar-refractivity contribution in [3.8, 4) is 5.69 Å². The summed E-state index contributed by atoms with van der Waals surface area (Å²) in [4.78, 5) is 11.8. The van der Waals surface area contributed by atoms with Crippen molar-refractivity contribution in [3.63, 3.8) is 0 Å². The molecular formula is C12H15N3O3S. The van der Waals surface area contributed by atoms with Gasteiger partial charge in [0.05, 0.1) is 10.6 Å². The van der Waals surface area contributed by atoms with Gasteiger partial charge in [-0.25, -0.2) is 17.8 Å². The van der Waals surface area contributed by atoms with E-state index in [1.54, 1.807) is 26.0 Å². The Kier molecular flexibility index (Phi) is 3.59. The predicted octanol–water partition coefficient (Wildman–Crippen LogP) is 0.772. The highest BCUT2D eigenvalue weighted by Crippen LogP contribution is 2.13. The Labute approximate surface area is 111 Å². The quantitative estimate of drug-likeness (QED) is 0.868. The smallest absolute Gasteiger partial charge is 0.271 e. The molecule has 0 radical (unpaired) electrons. The SMILES string of the molecule is CCNS(=O)(=O)c1cccc(-n2[nH]c(C)cc2=O)c1. The van der Waals surface area contributed by atoms with Crippen molar-refractivity contribution >= 4 is 10.0 Å². The molecule has 0 fully saturated rings.